The quantitative estimate of drug-likeness (QED) is 0.750. The van der Waals surface area contributed by atoms with E-state index in [1.54, 1.807) is 12.1 Å². The summed E-state index contributed by atoms with van der Waals surface area (Å²) in [6, 6.07) is 7.44. The van der Waals surface area contributed by atoms with Gasteiger partial charge in [0, 0.05) is 37.7 Å². The molecule has 29 heavy (non-hydrogen) atoms. The fraction of sp³-hybridized carbons (Fsp3) is 0.429. The van der Waals surface area contributed by atoms with E-state index >= 15 is 0 Å². The van der Waals surface area contributed by atoms with E-state index in [4.69, 9.17) is 11.6 Å². The largest absolute Gasteiger partial charge is 0.339 e. The van der Waals surface area contributed by atoms with Gasteiger partial charge in [0.1, 0.15) is 11.9 Å². The van der Waals surface area contributed by atoms with E-state index in [0.29, 0.717) is 42.6 Å². The molecule has 1 aromatic heterocycles. The zero-order valence-electron chi connectivity index (χ0n) is 16.5. The van der Waals surface area contributed by atoms with Crippen LogP contribution in [0.4, 0.5) is 4.39 Å². The number of thiophene rings is 1. The number of rotatable bonds is 6. The lowest BCUT2D eigenvalue weighted by molar-refractivity contribution is -0.136. The second kappa shape index (κ2) is 9.69. The summed E-state index contributed by atoms with van der Waals surface area (Å²) in [6.45, 7) is 7.04. The lowest BCUT2D eigenvalue weighted by atomic mass is 10.0. The van der Waals surface area contributed by atoms with Crippen LogP contribution in [0, 0.1) is 11.7 Å². The van der Waals surface area contributed by atoms with Crippen molar-refractivity contribution in [3.63, 3.8) is 0 Å². The van der Waals surface area contributed by atoms with Gasteiger partial charge in [-0.3, -0.25) is 14.5 Å². The van der Waals surface area contributed by atoms with Crippen LogP contribution in [0.15, 0.2) is 35.7 Å². The molecule has 1 atom stereocenters. The van der Waals surface area contributed by atoms with Crippen LogP contribution in [0.1, 0.15) is 29.1 Å². The van der Waals surface area contributed by atoms with Gasteiger partial charge < -0.3 is 10.2 Å². The second-order valence-corrected chi connectivity index (χ2v) is 8.86. The number of carbonyl (C=O) groups excluding carboxylic acids is 2. The smallest absolute Gasteiger partial charge is 0.262 e. The maximum atomic E-state index is 13.2. The van der Waals surface area contributed by atoms with E-state index in [9.17, 15) is 14.0 Å². The number of hydrogen-bond acceptors (Lipinski definition) is 4. The fourth-order valence-electron chi connectivity index (χ4n) is 3.35. The molecule has 1 aromatic carbocycles. The average molecular weight is 438 g/mol. The van der Waals surface area contributed by atoms with E-state index in [1.807, 2.05) is 30.2 Å². The molecule has 5 nitrogen and oxygen atoms in total. The molecule has 1 saturated heterocycles. The Morgan fingerprint density at radius 3 is 2.52 bits per heavy atom. The minimum Gasteiger partial charge on any atom is -0.339 e. The molecule has 1 N–H and O–H groups in total. The highest BCUT2D eigenvalue weighted by atomic mass is 35.5. The summed E-state index contributed by atoms with van der Waals surface area (Å²) >= 11 is 7.48. The van der Waals surface area contributed by atoms with Gasteiger partial charge in [-0.1, -0.05) is 37.6 Å². The molecule has 0 spiro atoms. The lowest BCUT2D eigenvalue weighted by Crippen LogP contribution is -2.56. The number of nitrogens with one attached hydrogen (secondary N) is 1. The number of benzene rings is 1. The van der Waals surface area contributed by atoms with Crippen molar-refractivity contribution in [2.45, 2.75) is 26.4 Å². The Morgan fingerprint density at radius 1 is 1.21 bits per heavy atom. The molecule has 8 heteroatoms. The molecule has 2 heterocycles. The monoisotopic (exact) mass is 437 g/mol. The Kier molecular flexibility index (Phi) is 7.27. The van der Waals surface area contributed by atoms with Gasteiger partial charge in [-0.05, 0) is 35.1 Å². The molecule has 2 aromatic rings. The number of piperazine rings is 1. The normalized spacial score (nSPS) is 16.1. The number of hydrogen-bond donors (Lipinski definition) is 1. The van der Waals surface area contributed by atoms with E-state index in [0.717, 1.165) is 5.56 Å². The van der Waals surface area contributed by atoms with Gasteiger partial charge in [0.2, 0.25) is 5.91 Å². The summed E-state index contributed by atoms with van der Waals surface area (Å²) < 4.78 is 13.2. The number of carbonyl (C=O) groups is 2. The van der Waals surface area contributed by atoms with Gasteiger partial charge in [-0.15, -0.1) is 11.3 Å². The molecular formula is C21H25ClFN3O2S. The first-order chi connectivity index (χ1) is 13.8. The third-order valence-corrected chi connectivity index (χ3v) is 6.28. The standard InChI is InChI=1S/C21H25ClFN3O2S/c1-14(2)19(24-20(27)18-4-3-11-29-18)21(28)26-9-7-25(8-10-26)13-15-5-6-16(23)12-17(15)22/h3-6,11-12,14,19H,7-10,13H2,1-2H3,(H,24,27). The van der Waals surface area contributed by atoms with Gasteiger partial charge >= 0.3 is 0 Å². The van der Waals surface area contributed by atoms with E-state index < -0.39 is 6.04 Å². The Bertz CT molecular complexity index is 852. The van der Waals surface area contributed by atoms with Crippen molar-refractivity contribution in [2.24, 2.45) is 5.92 Å². The zero-order valence-corrected chi connectivity index (χ0v) is 18.1. The van der Waals surface area contributed by atoms with E-state index in [2.05, 4.69) is 10.2 Å². The first kappa shape index (κ1) is 21.7. The van der Waals surface area contributed by atoms with E-state index in [-0.39, 0.29) is 23.5 Å². The highest BCUT2D eigenvalue weighted by molar-refractivity contribution is 7.12. The maximum absolute atomic E-state index is 13.2. The SMILES string of the molecule is CC(C)C(NC(=O)c1cccs1)C(=O)N1CCN(Cc2ccc(F)cc2Cl)CC1. The Labute approximate surface area is 179 Å². The van der Waals surface area contributed by atoms with Crippen LogP contribution in [-0.4, -0.2) is 53.8 Å². The molecule has 1 aliphatic heterocycles. The molecule has 0 saturated carbocycles. The van der Waals surface area contributed by atoms with Crippen molar-refractivity contribution in [1.82, 2.24) is 15.1 Å². The van der Waals surface area contributed by atoms with Crippen LogP contribution in [0.3, 0.4) is 0 Å². The first-order valence-electron chi connectivity index (χ1n) is 9.64. The minimum atomic E-state index is -0.553. The Hall–Kier alpha value is -1.96. The molecule has 0 bridgehead atoms. The lowest BCUT2D eigenvalue weighted by Gasteiger charge is -2.37. The van der Waals surface area contributed by atoms with Crippen LogP contribution in [-0.2, 0) is 11.3 Å². The van der Waals surface area contributed by atoms with Crippen molar-refractivity contribution in [3.05, 3.63) is 57.0 Å². The topological polar surface area (TPSA) is 52.7 Å². The summed E-state index contributed by atoms with van der Waals surface area (Å²) in [5.41, 5.74) is 0.871. The highest BCUT2D eigenvalue weighted by Gasteiger charge is 2.31. The average Bonchev–Trinajstić information content (AvgIpc) is 3.23. The van der Waals surface area contributed by atoms with Crippen molar-refractivity contribution in [1.29, 1.82) is 0 Å². The molecule has 0 aliphatic carbocycles. The number of halogens is 2. The second-order valence-electron chi connectivity index (χ2n) is 7.51. The van der Waals surface area contributed by atoms with Crippen molar-refractivity contribution in [2.75, 3.05) is 26.2 Å². The third-order valence-electron chi connectivity index (χ3n) is 5.06. The Balaban J connectivity index is 1.56. The third kappa shape index (κ3) is 5.56. The maximum Gasteiger partial charge on any atom is 0.262 e. The Morgan fingerprint density at radius 2 is 1.93 bits per heavy atom. The molecule has 3 rings (SSSR count). The summed E-state index contributed by atoms with van der Waals surface area (Å²) in [5, 5.41) is 5.15. The summed E-state index contributed by atoms with van der Waals surface area (Å²) in [7, 11) is 0. The molecule has 2 amide bonds. The summed E-state index contributed by atoms with van der Waals surface area (Å²) in [5.74, 6) is -0.623. The first-order valence-corrected chi connectivity index (χ1v) is 10.9. The van der Waals surface area contributed by atoms with Gasteiger partial charge in [0.25, 0.3) is 5.91 Å². The molecule has 1 aliphatic rings. The zero-order chi connectivity index (χ0) is 21.0. The predicted octanol–water partition coefficient (Wildman–Crippen LogP) is 3.64. The van der Waals surface area contributed by atoms with E-state index in [1.165, 1.54) is 23.5 Å². The van der Waals surface area contributed by atoms with Crippen LogP contribution in [0.2, 0.25) is 5.02 Å². The molecule has 1 unspecified atom stereocenters. The van der Waals surface area contributed by atoms with Crippen molar-refractivity contribution >= 4 is 34.8 Å². The highest BCUT2D eigenvalue weighted by Crippen LogP contribution is 2.20. The number of nitrogens with zero attached hydrogens (tertiary/aromatic N) is 2. The number of amides is 2. The minimum absolute atomic E-state index is 0.0116. The summed E-state index contributed by atoms with van der Waals surface area (Å²) in [6.07, 6.45) is 0. The van der Waals surface area contributed by atoms with Crippen LogP contribution >= 0.6 is 22.9 Å². The fourth-order valence-corrected chi connectivity index (χ4v) is 4.20. The molecule has 156 valence electrons. The molecular weight excluding hydrogens is 413 g/mol. The van der Waals surface area contributed by atoms with Gasteiger partial charge in [0.05, 0.1) is 4.88 Å². The molecule has 0 radical (unpaired) electrons. The van der Waals surface area contributed by atoms with Crippen LogP contribution < -0.4 is 5.32 Å². The van der Waals surface area contributed by atoms with Gasteiger partial charge in [-0.2, -0.15) is 0 Å². The van der Waals surface area contributed by atoms with Crippen LogP contribution in [0.25, 0.3) is 0 Å². The predicted molar refractivity (Wildman–Crippen MR) is 114 cm³/mol. The van der Waals surface area contributed by atoms with Gasteiger partial charge in [0.15, 0.2) is 0 Å². The van der Waals surface area contributed by atoms with Crippen molar-refractivity contribution < 1.29 is 14.0 Å². The molecule has 1 fully saturated rings. The van der Waals surface area contributed by atoms with Gasteiger partial charge in [-0.25, -0.2) is 4.39 Å². The summed E-state index contributed by atoms with van der Waals surface area (Å²) in [4.78, 5) is 30.0. The van der Waals surface area contributed by atoms with Crippen LogP contribution in [0.5, 0.6) is 0 Å². The van der Waals surface area contributed by atoms with Crippen molar-refractivity contribution in [3.8, 4) is 0 Å².